The van der Waals surface area contributed by atoms with Crippen molar-refractivity contribution in [3.8, 4) is 0 Å². The van der Waals surface area contributed by atoms with Crippen molar-refractivity contribution >= 4 is 11.4 Å². The molecule has 0 aromatic rings. The quantitative estimate of drug-likeness (QED) is 0.561. The van der Waals surface area contributed by atoms with E-state index in [1.54, 1.807) is 7.05 Å². The van der Waals surface area contributed by atoms with Crippen LogP contribution in [0.1, 0.15) is 12.8 Å². The predicted octanol–water partition coefficient (Wildman–Crippen LogP) is 0.279. The Balaban J connectivity index is 1.98. The van der Waals surface area contributed by atoms with Gasteiger partial charge in [0.15, 0.2) is 0 Å². The molecule has 1 unspecified atom stereocenters. The largest absolute Gasteiger partial charge is 0.598 e. The first kappa shape index (κ1) is 6.39. The van der Waals surface area contributed by atoms with Crippen LogP contribution in [0, 0.1) is 5.92 Å². The molecule has 0 amide bonds. The molecule has 0 radical (unpaired) electrons. The lowest BCUT2D eigenvalue weighted by molar-refractivity contribution is 0.583. The number of hydrogen-bond acceptors (Lipinski definition) is 2. The van der Waals surface area contributed by atoms with Gasteiger partial charge in [-0.3, -0.25) is 0 Å². The third-order valence-corrected chi connectivity index (χ3v) is 2.54. The minimum Gasteiger partial charge on any atom is -0.598 e. The molecule has 1 N–H and O–H groups in total. The van der Waals surface area contributed by atoms with Gasteiger partial charge in [-0.15, -0.1) is 4.72 Å². The zero-order valence-electron chi connectivity index (χ0n) is 5.02. The van der Waals surface area contributed by atoms with E-state index in [-0.39, 0.29) is 0 Å². The van der Waals surface area contributed by atoms with Gasteiger partial charge in [0.05, 0.1) is 0 Å². The molecular formula is C5H11NOS. The third kappa shape index (κ3) is 2.03. The molecule has 1 aliphatic carbocycles. The van der Waals surface area contributed by atoms with Gasteiger partial charge < -0.3 is 4.55 Å². The van der Waals surface area contributed by atoms with Crippen LogP contribution in [0.3, 0.4) is 0 Å². The highest BCUT2D eigenvalue weighted by molar-refractivity contribution is 7.89. The Labute approximate surface area is 53.0 Å². The monoisotopic (exact) mass is 133 g/mol. The van der Waals surface area contributed by atoms with Crippen LogP contribution in [0.2, 0.25) is 0 Å². The molecule has 1 fully saturated rings. The molecule has 0 spiro atoms. The average Bonchev–Trinajstić information content (AvgIpc) is 2.50. The maximum Gasteiger partial charge on any atom is 0.128 e. The summed E-state index contributed by atoms with van der Waals surface area (Å²) in [6, 6.07) is 0. The number of nitrogens with one attached hydrogen (secondary N) is 1. The van der Waals surface area contributed by atoms with Gasteiger partial charge >= 0.3 is 0 Å². The summed E-state index contributed by atoms with van der Waals surface area (Å²) in [6.07, 6.45) is 2.57. The highest BCUT2D eigenvalue weighted by Gasteiger charge is 2.26. The zero-order chi connectivity index (χ0) is 5.98. The van der Waals surface area contributed by atoms with Crippen LogP contribution in [0.4, 0.5) is 0 Å². The Morgan fingerprint density at radius 3 is 2.75 bits per heavy atom. The van der Waals surface area contributed by atoms with Crippen molar-refractivity contribution in [1.82, 2.24) is 4.72 Å². The molecule has 0 aliphatic heterocycles. The fourth-order valence-electron chi connectivity index (χ4n) is 0.582. The summed E-state index contributed by atoms with van der Waals surface area (Å²) in [5, 5.41) is 0. The van der Waals surface area contributed by atoms with E-state index in [2.05, 4.69) is 4.72 Å². The molecule has 48 valence electrons. The summed E-state index contributed by atoms with van der Waals surface area (Å²) in [5.41, 5.74) is 0. The molecule has 0 aromatic heterocycles. The maximum atomic E-state index is 10.7. The second kappa shape index (κ2) is 2.71. The molecule has 3 heteroatoms. The zero-order valence-corrected chi connectivity index (χ0v) is 5.83. The van der Waals surface area contributed by atoms with Crippen LogP contribution >= 0.6 is 0 Å². The highest BCUT2D eigenvalue weighted by Crippen LogP contribution is 2.29. The Kier molecular flexibility index (Phi) is 2.16. The molecule has 1 atom stereocenters. The summed E-state index contributed by atoms with van der Waals surface area (Å²) in [4.78, 5) is 0. The lowest BCUT2D eigenvalue weighted by Crippen LogP contribution is -2.22. The second-order valence-electron chi connectivity index (χ2n) is 2.16. The summed E-state index contributed by atoms with van der Waals surface area (Å²) in [6.45, 7) is 0. The third-order valence-electron chi connectivity index (χ3n) is 1.31. The minimum atomic E-state index is -0.745. The highest BCUT2D eigenvalue weighted by atomic mass is 32.2. The summed E-state index contributed by atoms with van der Waals surface area (Å²) in [7, 11) is 1.73. The van der Waals surface area contributed by atoms with E-state index < -0.39 is 11.4 Å². The summed E-state index contributed by atoms with van der Waals surface area (Å²) >= 11 is -0.745. The fraction of sp³-hybridized carbons (Fsp3) is 1.00. The van der Waals surface area contributed by atoms with Gasteiger partial charge in [0.25, 0.3) is 0 Å². The molecule has 0 bridgehead atoms. The molecular weight excluding hydrogens is 122 g/mol. The van der Waals surface area contributed by atoms with Gasteiger partial charge in [-0.1, -0.05) is 0 Å². The van der Waals surface area contributed by atoms with Gasteiger partial charge in [-0.05, 0) is 12.8 Å². The van der Waals surface area contributed by atoms with E-state index in [0.717, 1.165) is 11.7 Å². The van der Waals surface area contributed by atoms with Crippen LogP contribution < -0.4 is 4.72 Å². The lowest BCUT2D eigenvalue weighted by atomic mass is 10.5. The van der Waals surface area contributed by atoms with Crippen LogP contribution in [0.5, 0.6) is 0 Å². The van der Waals surface area contributed by atoms with E-state index in [9.17, 15) is 4.55 Å². The predicted molar refractivity (Wildman–Crippen MR) is 34.8 cm³/mol. The van der Waals surface area contributed by atoms with Crippen LogP contribution in [0.15, 0.2) is 0 Å². The van der Waals surface area contributed by atoms with Crippen LogP contribution in [-0.2, 0) is 11.4 Å². The smallest absolute Gasteiger partial charge is 0.128 e. The van der Waals surface area contributed by atoms with Gasteiger partial charge in [-0.2, -0.15) is 0 Å². The standard InChI is InChI=1S/C5H11NOS/c1-6-8(7)4-5-2-3-5/h5-6H,2-4H2,1H3. The maximum absolute atomic E-state index is 10.7. The number of hydrogen-bond donors (Lipinski definition) is 1. The van der Waals surface area contributed by atoms with Gasteiger partial charge in [0.2, 0.25) is 0 Å². The Morgan fingerprint density at radius 1 is 1.75 bits per heavy atom. The molecule has 1 saturated carbocycles. The molecule has 2 nitrogen and oxygen atoms in total. The Morgan fingerprint density at radius 2 is 2.38 bits per heavy atom. The van der Waals surface area contributed by atoms with Crippen molar-refractivity contribution in [2.75, 3.05) is 12.8 Å². The van der Waals surface area contributed by atoms with Crippen LogP contribution in [-0.4, -0.2) is 17.4 Å². The first-order chi connectivity index (χ1) is 3.83. The molecule has 0 heterocycles. The molecule has 8 heavy (non-hydrogen) atoms. The van der Waals surface area contributed by atoms with Gasteiger partial charge in [0, 0.05) is 24.3 Å². The van der Waals surface area contributed by atoms with Crippen molar-refractivity contribution < 1.29 is 4.55 Å². The van der Waals surface area contributed by atoms with Crippen molar-refractivity contribution in [3.63, 3.8) is 0 Å². The Bertz CT molecular complexity index is 74.8. The van der Waals surface area contributed by atoms with Gasteiger partial charge in [-0.25, -0.2) is 0 Å². The van der Waals surface area contributed by atoms with E-state index in [4.69, 9.17) is 0 Å². The van der Waals surface area contributed by atoms with E-state index >= 15 is 0 Å². The van der Waals surface area contributed by atoms with Crippen molar-refractivity contribution in [2.24, 2.45) is 5.92 Å². The van der Waals surface area contributed by atoms with E-state index in [1.807, 2.05) is 0 Å². The molecule has 0 saturated heterocycles. The van der Waals surface area contributed by atoms with Crippen molar-refractivity contribution in [3.05, 3.63) is 0 Å². The molecule has 1 aliphatic rings. The average molecular weight is 133 g/mol. The molecule has 0 aromatic carbocycles. The second-order valence-corrected chi connectivity index (χ2v) is 3.59. The number of rotatable bonds is 3. The Hall–Kier alpha value is 0.270. The first-order valence-corrected chi connectivity index (χ1v) is 4.20. The SMILES string of the molecule is CN[S+]([O-])CC1CC1. The lowest BCUT2D eigenvalue weighted by Gasteiger charge is -2.04. The first-order valence-electron chi connectivity index (χ1n) is 2.88. The normalized spacial score (nSPS) is 23.2. The van der Waals surface area contributed by atoms with Gasteiger partial charge in [0.1, 0.15) is 5.75 Å². The summed E-state index contributed by atoms with van der Waals surface area (Å²) in [5.74, 6) is 1.62. The van der Waals surface area contributed by atoms with E-state index in [1.165, 1.54) is 12.8 Å². The van der Waals surface area contributed by atoms with Crippen molar-refractivity contribution in [2.45, 2.75) is 12.8 Å². The molecule has 1 rings (SSSR count). The summed E-state index contributed by atoms with van der Waals surface area (Å²) < 4.78 is 13.4. The topological polar surface area (TPSA) is 35.1 Å². The van der Waals surface area contributed by atoms with Crippen molar-refractivity contribution in [1.29, 1.82) is 0 Å². The van der Waals surface area contributed by atoms with Crippen LogP contribution in [0.25, 0.3) is 0 Å². The minimum absolute atomic E-state index is 0.745. The fourth-order valence-corrected chi connectivity index (χ4v) is 1.51. The van der Waals surface area contributed by atoms with E-state index in [0.29, 0.717) is 0 Å².